The molecule has 23 heavy (non-hydrogen) atoms. The summed E-state index contributed by atoms with van der Waals surface area (Å²) in [5.41, 5.74) is 2.08. The van der Waals surface area contributed by atoms with E-state index in [1.807, 2.05) is 0 Å². The molecule has 2 N–H and O–H groups in total. The van der Waals surface area contributed by atoms with Crippen LogP contribution in [0.4, 0.5) is 14.5 Å². The molecule has 0 radical (unpaired) electrons. The Labute approximate surface area is 134 Å². The van der Waals surface area contributed by atoms with Gasteiger partial charge in [-0.3, -0.25) is 4.79 Å². The molecular formula is C18H20F2N2O. The van der Waals surface area contributed by atoms with E-state index < -0.39 is 6.04 Å². The number of aryl methyl sites for hydroxylation is 1. The molecule has 5 heteroatoms. The van der Waals surface area contributed by atoms with Gasteiger partial charge >= 0.3 is 0 Å². The molecule has 2 aromatic rings. The van der Waals surface area contributed by atoms with Crippen LogP contribution in [-0.2, 0) is 11.2 Å². The Hall–Kier alpha value is -2.43. The number of anilines is 1. The second-order valence-corrected chi connectivity index (χ2v) is 5.50. The van der Waals surface area contributed by atoms with Gasteiger partial charge in [-0.15, -0.1) is 0 Å². The maximum atomic E-state index is 13.5. The van der Waals surface area contributed by atoms with Crippen molar-refractivity contribution in [2.75, 3.05) is 11.9 Å². The molecule has 0 saturated carbocycles. The molecule has 3 nitrogen and oxygen atoms in total. The smallest absolute Gasteiger partial charge is 0.242 e. The van der Waals surface area contributed by atoms with Crippen molar-refractivity contribution in [2.24, 2.45) is 0 Å². The van der Waals surface area contributed by atoms with Crippen molar-refractivity contribution in [1.29, 1.82) is 0 Å². The summed E-state index contributed by atoms with van der Waals surface area (Å²) < 4.78 is 26.3. The minimum atomic E-state index is -0.481. The van der Waals surface area contributed by atoms with Gasteiger partial charge in [0, 0.05) is 12.2 Å². The van der Waals surface area contributed by atoms with E-state index in [4.69, 9.17) is 0 Å². The molecule has 2 rings (SSSR count). The second-order valence-electron chi connectivity index (χ2n) is 5.50. The summed E-state index contributed by atoms with van der Waals surface area (Å²) in [6, 6.07) is 10.5. The van der Waals surface area contributed by atoms with Gasteiger partial charge in [-0.2, -0.15) is 0 Å². The molecule has 2 aromatic carbocycles. The molecule has 122 valence electrons. The Morgan fingerprint density at radius 2 is 1.83 bits per heavy atom. The Bertz CT molecular complexity index is 671. The van der Waals surface area contributed by atoms with Gasteiger partial charge in [0.1, 0.15) is 17.7 Å². The molecule has 0 aromatic heterocycles. The van der Waals surface area contributed by atoms with Crippen molar-refractivity contribution < 1.29 is 13.6 Å². The number of carbonyl (C=O) groups is 1. The number of nitrogens with one attached hydrogen (secondary N) is 2. The van der Waals surface area contributed by atoms with Gasteiger partial charge in [0.2, 0.25) is 5.91 Å². The van der Waals surface area contributed by atoms with E-state index >= 15 is 0 Å². The molecule has 0 heterocycles. The second kappa shape index (κ2) is 7.72. The molecule has 0 unspecified atom stereocenters. The van der Waals surface area contributed by atoms with E-state index in [0.717, 1.165) is 5.56 Å². The van der Waals surface area contributed by atoms with Crippen molar-refractivity contribution in [3.05, 3.63) is 65.2 Å². The normalized spacial score (nSPS) is 11.8. The Morgan fingerprint density at radius 1 is 1.13 bits per heavy atom. The van der Waals surface area contributed by atoms with E-state index in [0.29, 0.717) is 24.2 Å². The fourth-order valence-corrected chi connectivity index (χ4v) is 2.13. The number of benzene rings is 2. The van der Waals surface area contributed by atoms with Crippen LogP contribution < -0.4 is 10.6 Å². The number of hydrogen-bond donors (Lipinski definition) is 2. The summed E-state index contributed by atoms with van der Waals surface area (Å²) in [6.45, 7) is 3.86. The van der Waals surface area contributed by atoms with Crippen LogP contribution in [0.5, 0.6) is 0 Å². The number of halogens is 2. The van der Waals surface area contributed by atoms with E-state index in [2.05, 4.69) is 10.6 Å². The van der Waals surface area contributed by atoms with Crippen molar-refractivity contribution in [3.8, 4) is 0 Å². The van der Waals surface area contributed by atoms with Crippen LogP contribution in [0.1, 0.15) is 18.1 Å². The van der Waals surface area contributed by atoms with E-state index in [9.17, 15) is 13.6 Å². The van der Waals surface area contributed by atoms with Crippen LogP contribution in [0.15, 0.2) is 42.5 Å². The van der Waals surface area contributed by atoms with E-state index in [1.165, 1.54) is 18.2 Å². The summed E-state index contributed by atoms with van der Waals surface area (Å²) >= 11 is 0. The van der Waals surface area contributed by atoms with Gasteiger partial charge in [0.15, 0.2) is 0 Å². The molecule has 0 aliphatic heterocycles. The zero-order valence-electron chi connectivity index (χ0n) is 13.2. The third-order valence-electron chi connectivity index (χ3n) is 3.57. The average Bonchev–Trinajstić information content (AvgIpc) is 2.52. The number of hydrogen-bond acceptors (Lipinski definition) is 2. The SMILES string of the molecule is Cc1ccc(N[C@@H](C)C(=O)NCCc2ccc(F)cc2)cc1F. The van der Waals surface area contributed by atoms with Crippen LogP contribution in [0, 0.1) is 18.6 Å². The van der Waals surface area contributed by atoms with Crippen molar-refractivity contribution in [1.82, 2.24) is 5.32 Å². The summed E-state index contributed by atoms with van der Waals surface area (Å²) in [7, 11) is 0. The van der Waals surface area contributed by atoms with Crippen LogP contribution in [-0.4, -0.2) is 18.5 Å². The van der Waals surface area contributed by atoms with Gasteiger partial charge in [-0.1, -0.05) is 18.2 Å². The van der Waals surface area contributed by atoms with Gasteiger partial charge in [-0.25, -0.2) is 8.78 Å². The van der Waals surface area contributed by atoms with Crippen molar-refractivity contribution in [3.63, 3.8) is 0 Å². The average molecular weight is 318 g/mol. The van der Waals surface area contributed by atoms with Crippen molar-refractivity contribution in [2.45, 2.75) is 26.3 Å². The van der Waals surface area contributed by atoms with Crippen molar-refractivity contribution >= 4 is 11.6 Å². The monoisotopic (exact) mass is 318 g/mol. The minimum absolute atomic E-state index is 0.173. The molecule has 0 aliphatic carbocycles. The fourth-order valence-electron chi connectivity index (χ4n) is 2.13. The first-order valence-corrected chi connectivity index (χ1v) is 7.50. The zero-order chi connectivity index (χ0) is 16.8. The van der Waals surface area contributed by atoms with E-state index in [-0.39, 0.29) is 17.5 Å². The molecular weight excluding hydrogens is 298 g/mol. The van der Waals surface area contributed by atoms with Crippen LogP contribution in [0.3, 0.4) is 0 Å². The molecule has 0 aliphatic rings. The predicted molar refractivity (Wildman–Crippen MR) is 87.3 cm³/mol. The molecule has 0 saturated heterocycles. The first-order chi connectivity index (χ1) is 11.0. The van der Waals surface area contributed by atoms with Gasteiger partial charge < -0.3 is 10.6 Å². The minimum Gasteiger partial charge on any atom is -0.374 e. The van der Waals surface area contributed by atoms with Crippen LogP contribution in [0.2, 0.25) is 0 Å². The molecule has 0 fully saturated rings. The Kier molecular flexibility index (Phi) is 5.68. The molecule has 0 spiro atoms. The van der Waals surface area contributed by atoms with Crippen LogP contribution >= 0.6 is 0 Å². The lowest BCUT2D eigenvalue weighted by Crippen LogP contribution is -2.38. The highest BCUT2D eigenvalue weighted by Gasteiger charge is 2.12. The third kappa shape index (κ3) is 5.06. The zero-order valence-corrected chi connectivity index (χ0v) is 13.2. The predicted octanol–water partition coefficient (Wildman–Crippen LogP) is 3.43. The lowest BCUT2D eigenvalue weighted by molar-refractivity contribution is -0.121. The number of carbonyl (C=O) groups excluding carboxylic acids is 1. The standard InChI is InChI=1S/C18H20F2N2O/c1-12-3-8-16(11-17(12)20)22-13(2)18(23)21-10-9-14-4-6-15(19)7-5-14/h3-8,11,13,22H,9-10H2,1-2H3,(H,21,23)/t13-/m0/s1. The van der Waals surface area contributed by atoms with E-state index in [1.54, 1.807) is 38.1 Å². The number of rotatable bonds is 6. The molecule has 0 bridgehead atoms. The lowest BCUT2D eigenvalue weighted by Gasteiger charge is -2.15. The highest BCUT2D eigenvalue weighted by molar-refractivity contribution is 5.84. The van der Waals surface area contributed by atoms with Gasteiger partial charge in [0.05, 0.1) is 0 Å². The van der Waals surface area contributed by atoms with Gasteiger partial charge in [-0.05, 0) is 55.7 Å². The molecule has 1 atom stereocenters. The maximum Gasteiger partial charge on any atom is 0.242 e. The van der Waals surface area contributed by atoms with Gasteiger partial charge in [0.25, 0.3) is 0 Å². The largest absolute Gasteiger partial charge is 0.374 e. The lowest BCUT2D eigenvalue weighted by atomic mass is 10.1. The first-order valence-electron chi connectivity index (χ1n) is 7.50. The highest BCUT2D eigenvalue weighted by atomic mass is 19.1. The highest BCUT2D eigenvalue weighted by Crippen LogP contribution is 2.14. The number of amides is 1. The quantitative estimate of drug-likeness (QED) is 0.857. The Balaban J connectivity index is 1.80. The maximum absolute atomic E-state index is 13.5. The summed E-state index contributed by atoms with van der Waals surface area (Å²) in [6.07, 6.45) is 0.623. The summed E-state index contributed by atoms with van der Waals surface area (Å²) in [4.78, 5) is 12.0. The topological polar surface area (TPSA) is 41.1 Å². The first kappa shape index (κ1) is 16.9. The van der Waals surface area contributed by atoms with Crippen LogP contribution in [0.25, 0.3) is 0 Å². The Morgan fingerprint density at radius 3 is 2.48 bits per heavy atom. The third-order valence-corrected chi connectivity index (χ3v) is 3.57. The summed E-state index contributed by atoms with van der Waals surface area (Å²) in [5.74, 6) is -0.757. The molecule has 1 amide bonds. The summed E-state index contributed by atoms with van der Waals surface area (Å²) in [5, 5.41) is 5.77. The fraction of sp³-hybridized carbons (Fsp3) is 0.278.